The summed E-state index contributed by atoms with van der Waals surface area (Å²) in [5.74, 6) is -0.428. The second kappa shape index (κ2) is 6.62. The van der Waals surface area contributed by atoms with Gasteiger partial charge in [-0.2, -0.15) is 0 Å². The standard InChI is InChI=1S/C12H17N3O2/c1-9(2)12(17)15-8-11(16)14-7-10-3-5-13-6-4-10/h3-6,9H,7-8H2,1-2H3,(H,14,16)(H,15,17). The summed E-state index contributed by atoms with van der Waals surface area (Å²) in [6.45, 7) is 4.02. The van der Waals surface area contributed by atoms with Gasteiger partial charge in [0.25, 0.3) is 0 Å². The summed E-state index contributed by atoms with van der Waals surface area (Å²) in [5, 5.41) is 5.27. The van der Waals surface area contributed by atoms with E-state index in [1.54, 1.807) is 26.2 Å². The van der Waals surface area contributed by atoms with Crippen molar-refractivity contribution in [3.8, 4) is 0 Å². The van der Waals surface area contributed by atoms with Gasteiger partial charge in [0.15, 0.2) is 0 Å². The maximum absolute atomic E-state index is 11.4. The van der Waals surface area contributed by atoms with E-state index in [0.717, 1.165) is 5.56 Å². The topological polar surface area (TPSA) is 71.1 Å². The fourth-order valence-corrected chi connectivity index (χ4v) is 1.14. The van der Waals surface area contributed by atoms with Crippen molar-refractivity contribution in [2.75, 3.05) is 6.54 Å². The number of hydrogen-bond donors (Lipinski definition) is 2. The number of rotatable bonds is 5. The van der Waals surface area contributed by atoms with E-state index in [1.807, 2.05) is 12.1 Å². The van der Waals surface area contributed by atoms with Crippen LogP contribution < -0.4 is 10.6 Å². The summed E-state index contributed by atoms with van der Waals surface area (Å²) in [5.41, 5.74) is 0.975. The molecule has 2 amide bonds. The van der Waals surface area contributed by atoms with E-state index in [0.29, 0.717) is 6.54 Å². The molecule has 0 aliphatic heterocycles. The number of hydrogen-bond acceptors (Lipinski definition) is 3. The Hall–Kier alpha value is -1.91. The summed E-state index contributed by atoms with van der Waals surface area (Å²) in [7, 11) is 0. The molecule has 1 rings (SSSR count). The summed E-state index contributed by atoms with van der Waals surface area (Å²) in [6.07, 6.45) is 3.34. The molecule has 0 unspecified atom stereocenters. The molecule has 1 aromatic rings. The van der Waals surface area contributed by atoms with Crippen molar-refractivity contribution in [2.45, 2.75) is 20.4 Å². The predicted molar refractivity (Wildman–Crippen MR) is 63.9 cm³/mol. The van der Waals surface area contributed by atoms with Crippen molar-refractivity contribution in [1.29, 1.82) is 0 Å². The smallest absolute Gasteiger partial charge is 0.239 e. The van der Waals surface area contributed by atoms with Gasteiger partial charge in [-0.3, -0.25) is 14.6 Å². The summed E-state index contributed by atoms with van der Waals surface area (Å²) >= 11 is 0. The largest absolute Gasteiger partial charge is 0.350 e. The van der Waals surface area contributed by atoms with Crippen molar-refractivity contribution in [2.24, 2.45) is 5.92 Å². The van der Waals surface area contributed by atoms with E-state index in [2.05, 4.69) is 15.6 Å². The van der Waals surface area contributed by atoms with Gasteiger partial charge in [0.1, 0.15) is 0 Å². The first-order valence-electron chi connectivity index (χ1n) is 5.53. The van der Waals surface area contributed by atoms with Gasteiger partial charge in [-0.15, -0.1) is 0 Å². The average Bonchev–Trinajstić information content (AvgIpc) is 2.34. The lowest BCUT2D eigenvalue weighted by atomic mass is 10.2. The Balaban J connectivity index is 2.24. The highest BCUT2D eigenvalue weighted by atomic mass is 16.2. The molecule has 0 saturated heterocycles. The van der Waals surface area contributed by atoms with Crippen molar-refractivity contribution in [3.05, 3.63) is 30.1 Å². The second-order valence-electron chi connectivity index (χ2n) is 4.00. The summed E-state index contributed by atoms with van der Waals surface area (Å²) < 4.78 is 0. The molecule has 0 fully saturated rings. The Morgan fingerprint density at radius 3 is 2.47 bits per heavy atom. The summed E-state index contributed by atoms with van der Waals surface area (Å²) in [4.78, 5) is 26.5. The van der Waals surface area contributed by atoms with Crippen LogP contribution in [0, 0.1) is 5.92 Å². The number of carbonyl (C=O) groups excluding carboxylic acids is 2. The molecule has 0 aromatic carbocycles. The number of carbonyl (C=O) groups is 2. The normalized spacial score (nSPS) is 10.1. The highest BCUT2D eigenvalue weighted by Crippen LogP contribution is 1.94. The number of nitrogens with one attached hydrogen (secondary N) is 2. The van der Waals surface area contributed by atoms with Gasteiger partial charge in [-0.25, -0.2) is 0 Å². The minimum Gasteiger partial charge on any atom is -0.350 e. The lowest BCUT2D eigenvalue weighted by molar-refractivity contribution is -0.127. The Morgan fingerprint density at radius 2 is 1.88 bits per heavy atom. The second-order valence-corrected chi connectivity index (χ2v) is 4.00. The molecule has 0 atom stereocenters. The van der Waals surface area contributed by atoms with Gasteiger partial charge in [0.2, 0.25) is 11.8 Å². The van der Waals surface area contributed by atoms with Gasteiger partial charge < -0.3 is 10.6 Å². The number of nitrogens with zero attached hydrogens (tertiary/aromatic N) is 1. The first-order valence-corrected chi connectivity index (χ1v) is 5.53. The van der Waals surface area contributed by atoms with Crippen LogP contribution >= 0.6 is 0 Å². The molecule has 1 aromatic heterocycles. The number of amides is 2. The van der Waals surface area contributed by atoms with E-state index in [-0.39, 0.29) is 24.3 Å². The van der Waals surface area contributed by atoms with Gasteiger partial charge >= 0.3 is 0 Å². The van der Waals surface area contributed by atoms with Gasteiger partial charge in [-0.1, -0.05) is 13.8 Å². The predicted octanol–water partition coefficient (Wildman–Crippen LogP) is 0.470. The van der Waals surface area contributed by atoms with Crippen molar-refractivity contribution >= 4 is 11.8 Å². The van der Waals surface area contributed by atoms with Crippen LogP contribution in [0.5, 0.6) is 0 Å². The Labute approximate surface area is 101 Å². The Morgan fingerprint density at radius 1 is 1.24 bits per heavy atom. The van der Waals surface area contributed by atoms with E-state index >= 15 is 0 Å². The highest BCUT2D eigenvalue weighted by molar-refractivity contribution is 5.85. The van der Waals surface area contributed by atoms with Crippen LogP contribution in [0.4, 0.5) is 0 Å². The third-order valence-corrected chi connectivity index (χ3v) is 2.19. The van der Waals surface area contributed by atoms with Gasteiger partial charge in [0, 0.05) is 24.9 Å². The van der Waals surface area contributed by atoms with E-state index in [4.69, 9.17) is 0 Å². The van der Waals surface area contributed by atoms with Crippen LogP contribution in [0.2, 0.25) is 0 Å². The van der Waals surface area contributed by atoms with Crippen LogP contribution in [-0.2, 0) is 16.1 Å². The van der Waals surface area contributed by atoms with E-state index in [1.165, 1.54) is 0 Å². The molecule has 2 N–H and O–H groups in total. The Kier molecular flexibility index (Phi) is 5.13. The average molecular weight is 235 g/mol. The molecule has 5 heteroatoms. The lowest BCUT2D eigenvalue weighted by Crippen LogP contribution is -2.38. The minimum absolute atomic E-state index is 0.0160. The quantitative estimate of drug-likeness (QED) is 0.779. The molecular formula is C12H17N3O2. The van der Waals surface area contributed by atoms with Crippen LogP contribution in [0.15, 0.2) is 24.5 Å². The molecule has 17 heavy (non-hydrogen) atoms. The SMILES string of the molecule is CC(C)C(=O)NCC(=O)NCc1ccncc1. The minimum atomic E-state index is -0.198. The fraction of sp³-hybridized carbons (Fsp3) is 0.417. The third-order valence-electron chi connectivity index (χ3n) is 2.19. The molecule has 0 spiro atoms. The zero-order valence-electron chi connectivity index (χ0n) is 10.1. The van der Waals surface area contributed by atoms with Crippen molar-refractivity contribution in [3.63, 3.8) is 0 Å². The maximum Gasteiger partial charge on any atom is 0.239 e. The number of pyridine rings is 1. The molecule has 0 radical (unpaired) electrons. The molecule has 0 bridgehead atoms. The van der Waals surface area contributed by atoms with Crippen molar-refractivity contribution < 1.29 is 9.59 Å². The summed E-state index contributed by atoms with van der Waals surface area (Å²) in [6, 6.07) is 3.65. The lowest BCUT2D eigenvalue weighted by Gasteiger charge is -2.08. The Bertz CT molecular complexity index is 377. The fourth-order valence-electron chi connectivity index (χ4n) is 1.14. The molecule has 0 aliphatic rings. The van der Waals surface area contributed by atoms with Crippen LogP contribution in [0.25, 0.3) is 0 Å². The van der Waals surface area contributed by atoms with Gasteiger partial charge in [-0.05, 0) is 17.7 Å². The molecule has 0 saturated carbocycles. The first-order chi connectivity index (χ1) is 8.09. The zero-order valence-corrected chi connectivity index (χ0v) is 10.1. The molecule has 5 nitrogen and oxygen atoms in total. The molecular weight excluding hydrogens is 218 g/mol. The zero-order chi connectivity index (χ0) is 12.7. The highest BCUT2D eigenvalue weighted by Gasteiger charge is 2.08. The first kappa shape index (κ1) is 13.2. The van der Waals surface area contributed by atoms with E-state index < -0.39 is 0 Å². The third kappa shape index (κ3) is 5.10. The monoisotopic (exact) mass is 235 g/mol. The molecule has 92 valence electrons. The van der Waals surface area contributed by atoms with Crippen LogP contribution in [0.1, 0.15) is 19.4 Å². The van der Waals surface area contributed by atoms with Crippen LogP contribution in [-0.4, -0.2) is 23.3 Å². The van der Waals surface area contributed by atoms with Crippen molar-refractivity contribution in [1.82, 2.24) is 15.6 Å². The van der Waals surface area contributed by atoms with E-state index in [9.17, 15) is 9.59 Å². The van der Waals surface area contributed by atoms with Crippen LogP contribution in [0.3, 0.4) is 0 Å². The maximum atomic E-state index is 11.4. The molecule has 1 heterocycles. The molecule has 0 aliphatic carbocycles. The van der Waals surface area contributed by atoms with Gasteiger partial charge in [0.05, 0.1) is 6.54 Å². The number of aromatic nitrogens is 1.